The normalized spacial score (nSPS) is 17.5. The molecule has 212 valence electrons. The molecule has 0 radical (unpaired) electrons. The Hall–Kier alpha value is -5.01. The van der Waals surface area contributed by atoms with E-state index in [9.17, 15) is 4.79 Å². The van der Waals surface area contributed by atoms with Gasteiger partial charge in [-0.2, -0.15) is 0 Å². The first-order chi connectivity index (χ1) is 21.2. The quantitative estimate of drug-likeness (QED) is 0.213. The number of rotatable bonds is 7. The van der Waals surface area contributed by atoms with Gasteiger partial charge in [0.05, 0.1) is 12.1 Å². The molecule has 0 unspecified atom stereocenters. The zero-order valence-corrected chi connectivity index (χ0v) is 23.8. The van der Waals surface area contributed by atoms with Gasteiger partial charge >= 0.3 is 13.3 Å². The minimum absolute atomic E-state index is 0.0216. The molecule has 5 aromatic rings. The number of benzene rings is 5. The third kappa shape index (κ3) is 5.59. The Bertz CT molecular complexity index is 1580. The summed E-state index contributed by atoms with van der Waals surface area (Å²) in [5.74, 6) is 1.37. The molecule has 5 aromatic carbocycles. The summed E-state index contributed by atoms with van der Waals surface area (Å²) in [6.07, 6.45) is 0. The molecule has 6 nitrogen and oxygen atoms in total. The lowest BCUT2D eigenvalue weighted by Crippen LogP contribution is -2.45. The highest BCUT2D eigenvalue weighted by Gasteiger charge is 2.50. The third-order valence-corrected chi connectivity index (χ3v) is 8.11. The summed E-state index contributed by atoms with van der Waals surface area (Å²) in [4.78, 5) is 18.5. The molecule has 2 aliphatic heterocycles. The van der Waals surface area contributed by atoms with Gasteiger partial charge in [-0.15, -0.1) is 0 Å². The minimum Gasteiger partial charge on any atom is -0.512 e. The van der Waals surface area contributed by atoms with Crippen LogP contribution in [-0.2, 0) is 19.6 Å². The molecule has 0 saturated carbocycles. The highest BCUT2D eigenvalue weighted by Crippen LogP contribution is 2.51. The number of hydrogen-bond acceptors (Lipinski definition) is 4. The smallest absolute Gasteiger partial charge is 0.512 e. The minimum atomic E-state index is -0.748. The zero-order valence-electron chi connectivity index (χ0n) is 23.8. The first kappa shape index (κ1) is 26.9. The van der Waals surface area contributed by atoms with Gasteiger partial charge in [0, 0.05) is 30.8 Å². The van der Waals surface area contributed by atoms with E-state index in [-0.39, 0.29) is 18.1 Å². The van der Waals surface area contributed by atoms with Crippen LogP contribution in [0.2, 0.25) is 0 Å². The van der Waals surface area contributed by atoms with Crippen molar-refractivity contribution in [2.24, 2.45) is 0 Å². The molecule has 0 spiro atoms. The van der Waals surface area contributed by atoms with Crippen molar-refractivity contribution in [3.05, 3.63) is 167 Å². The second kappa shape index (κ2) is 12.1. The Balaban J connectivity index is 1.35. The van der Waals surface area contributed by atoms with Crippen LogP contribution in [0, 0.1) is 0 Å². The molecule has 0 bridgehead atoms. The second-order valence-electron chi connectivity index (χ2n) is 10.9. The Kier molecular flexibility index (Phi) is 7.55. The lowest BCUT2D eigenvalue weighted by atomic mass is 9.91. The van der Waals surface area contributed by atoms with Crippen molar-refractivity contribution in [2.45, 2.75) is 31.7 Å². The number of carbonyl (C=O) groups excluding carboxylic acids is 1. The molecule has 43 heavy (non-hydrogen) atoms. The van der Waals surface area contributed by atoms with E-state index in [2.05, 4.69) is 53.8 Å². The van der Waals surface area contributed by atoms with Gasteiger partial charge in [0.1, 0.15) is 11.5 Å². The number of nitrogens with zero attached hydrogens (tertiary/aromatic N) is 2. The topological polar surface area (TPSA) is 54.0 Å². The maximum atomic E-state index is 14.5. The van der Waals surface area contributed by atoms with Gasteiger partial charge in [0.2, 0.25) is 0 Å². The molecule has 2 aliphatic rings. The van der Waals surface area contributed by atoms with Crippen LogP contribution in [0.15, 0.2) is 140 Å². The Morgan fingerprint density at radius 1 is 0.535 bits per heavy atom. The van der Waals surface area contributed by atoms with E-state index in [4.69, 9.17) is 9.31 Å². The van der Waals surface area contributed by atoms with Crippen LogP contribution in [0.4, 0.5) is 4.79 Å². The van der Waals surface area contributed by atoms with E-state index >= 15 is 0 Å². The number of para-hydroxylation sites is 2. The van der Waals surface area contributed by atoms with E-state index in [0.29, 0.717) is 31.1 Å². The van der Waals surface area contributed by atoms with E-state index in [1.54, 1.807) is 0 Å². The molecule has 1 fully saturated rings. The zero-order chi connectivity index (χ0) is 29.0. The van der Waals surface area contributed by atoms with E-state index in [1.807, 2.05) is 101 Å². The van der Waals surface area contributed by atoms with Gasteiger partial charge in [-0.1, -0.05) is 127 Å². The Labute approximate surface area is 252 Å². The van der Waals surface area contributed by atoms with Crippen molar-refractivity contribution in [1.82, 2.24) is 15.0 Å². The van der Waals surface area contributed by atoms with E-state index < -0.39 is 7.25 Å². The second-order valence-corrected chi connectivity index (χ2v) is 10.9. The van der Waals surface area contributed by atoms with E-state index in [1.165, 1.54) is 0 Å². The van der Waals surface area contributed by atoms with Gasteiger partial charge in [-0.05, 0) is 28.8 Å². The summed E-state index contributed by atoms with van der Waals surface area (Å²) >= 11 is 0. The van der Waals surface area contributed by atoms with Crippen LogP contribution in [0.1, 0.15) is 39.9 Å². The lowest BCUT2D eigenvalue weighted by Gasteiger charge is -2.30. The first-order valence-corrected chi connectivity index (χ1v) is 14.7. The maximum absolute atomic E-state index is 14.5. The molecule has 2 atom stereocenters. The van der Waals surface area contributed by atoms with Crippen LogP contribution in [0.25, 0.3) is 0 Å². The molecular weight excluding hydrogens is 533 g/mol. The molecule has 7 rings (SSSR count). The van der Waals surface area contributed by atoms with Crippen LogP contribution in [-0.4, -0.2) is 23.1 Å². The highest BCUT2D eigenvalue weighted by molar-refractivity contribution is 6.43. The number of fused-ring (bicyclic) bond motifs is 5. The predicted molar refractivity (Wildman–Crippen MR) is 168 cm³/mol. The Morgan fingerprint density at radius 2 is 0.930 bits per heavy atom. The van der Waals surface area contributed by atoms with Gasteiger partial charge in [0.25, 0.3) is 0 Å². The maximum Gasteiger partial charge on any atom is 0.698 e. The SMILES string of the molecule is O=C1N(Cc2ccccc2)[C@H]2c3ccccc3OB(NCc3ccccc3)Oc3ccccc3[C@@H]2N1Cc1ccccc1. The number of carbonyl (C=O) groups is 1. The lowest BCUT2D eigenvalue weighted by molar-refractivity contribution is 0.180. The number of urea groups is 1. The average molecular weight is 565 g/mol. The highest BCUT2D eigenvalue weighted by atomic mass is 16.6. The summed E-state index contributed by atoms with van der Waals surface area (Å²) in [6, 6.07) is 45.9. The molecule has 7 heteroatoms. The monoisotopic (exact) mass is 565 g/mol. The number of hydrogen-bond donors (Lipinski definition) is 1. The molecule has 1 saturated heterocycles. The molecular formula is C36H32BN3O3. The van der Waals surface area contributed by atoms with Gasteiger partial charge in [-0.3, -0.25) is 5.23 Å². The summed E-state index contributed by atoms with van der Waals surface area (Å²) in [5.41, 5.74) is 5.16. The largest absolute Gasteiger partial charge is 0.698 e. The predicted octanol–water partition coefficient (Wildman–Crippen LogP) is 7.15. The van der Waals surface area contributed by atoms with E-state index in [0.717, 1.165) is 27.8 Å². The summed E-state index contributed by atoms with van der Waals surface area (Å²) in [6.45, 7) is 1.51. The van der Waals surface area contributed by atoms with Gasteiger partial charge < -0.3 is 19.1 Å². The van der Waals surface area contributed by atoms with Crippen LogP contribution in [0.3, 0.4) is 0 Å². The van der Waals surface area contributed by atoms with Crippen molar-refractivity contribution in [3.8, 4) is 11.5 Å². The van der Waals surface area contributed by atoms with Crippen LogP contribution >= 0.6 is 0 Å². The standard InChI is InChI=1S/C36H32BN3O3/c41-36-39(25-28-16-6-2-7-17-28)34-30-20-10-12-22-32(30)42-37(38-24-27-14-4-1-5-15-27)43-33-23-13-11-21-31(33)35(34)40(36)26-29-18-8-3-9-19-29/h1-23,34-35,38H,24-26H2/t34-,35-/m0/s1. The van der Waals surface area contributed by atoms with Crippen molar-refractivity contribution in [3.63, 3.8) is 0 Å². The van der Waals surface area contributed by atoms with Crippen molar-refractivity contribution in [2.75, 3.05) is 0 Å². The van der Waals surface area contributed by atoms with Crippen molar-refractivity contribution < 1.29 is 14.1 Å². The fourth-order valence-corrected chi connectivity index (χ4v) is 6.11. The van der Waals surface area contributed by atoms with Crippen molar-refractivity contribution >= 4 is 13.3 Å². The van der Waals surface area contributed by atoms with Gasteiger partial charge in [0.15, 0.2) is 0 Å². The summed E-state index contributed by atoms with van der Waals surface area (Å²) in [7, 11) is -0.748. The summed E-state index contributed by atoms with van der Waals surface area (Å²) < 4.78 is 13.2. The van der Waals surface area contributed by atoms with Crippen molar-refractivity contribution in [1.29, 1.82) is 0 Å². The Morgan fingerprint density at radius 3 is 1.40 bits per heavy atom. The fourth-order valence-electron chi connectivity index (χ4n) is 6.11. The van der Waals surface area contributed by atoms with Gasteiger partial charge in [-0.25, -0.2) is 4.79 Å². The number of amides is 2. The average Bonchev–Trinajstić information content (AvgIpc) is 3.34. The molecule has 0 aliphatic carbocycles. The molecule has 2 amide bonds. The van der Waals surface area contributed by atoms with Crippen LogP contribution in [0.5, 0.6) is 11.5 Å². The fraction of sp³-hybridized carbons (Fsp3) is 0.139. The summed E-state index contributed by atoms with van der Waals surface area (Å²) in [5, 5.41) is 3.45. The van der Waals surface area contributed by atoms with Crippen LogP contribution < -0.4 is 14.5 Å². The molecule has 2 heterocycles. The third-order valence-electron chi connectivity index (χ3n) is 8.11. The first-order valence-electron chi connectivity index (χ1n) is 14.7. The number of nitrogens with one attached hydrogen (secondary N) is 1. The molecule has 1 N–H and O–H groups in total. The molecule has 0 aromatic heterocycles.